The quantitative estimate of drug-likeness (QED) is 0.735. The van der Waals surface area contributed by atoms with Crippen molar-refractivity contribution in [3.05, 3.63) is 33.8 Å². The molecule has 0 saturated heterocycles. The van der Waals surface area contributed by atoms with Gasteiger partial charge >= 0.3 is 0 Å². The Hall–Kier alpha value is 0.0700. The first kappa shape index (κ1) is 19.1. The summed E-state index contributed by atoms with van der Waals surface area (Å²) in [5.41, 5.74) is 0.326. The molecular formula is C16H25Cl2NOS. The summed E-state index contributed by atoms with van der Waals surface area (Å²) in [6, 6.07) is 5.56. The summed E-state index contributed by atoms with van der Waals surface area (Å²) < 4.78 is 0. The van der Waals surface area contributed by atoms with E-state index in [1.165, 1.54) is 0 Å². The molecule has 0 fully saturated rings. The normalized spacial score (nSPS) is 16.0. The average Bonchev–Trinajstić information content (AvgIpc) is 2.43. The Bertz CT molecular complexity index is 450. The third-order valence-electron chi connectivity index (χ3n) is 3.82. The van der Waals surface area contributed by atoms with Crippen molar-refractivity contribution in [3.63, 3.8) is 0 Å². The van der Waals surface area contributed by atoms with Gasteiger partial charge in [-0.2, -0.15) is 11.8 Å². The zero-order chi connectivity index (χ0) is 16.0. The fourth-order valence-corrected chi connectivity index (χ4v) is 3.73. The number of nitrogens with zero attached hydrogens (tertiary/aromatic N) is 1. The molecule has 2 atom stereocenters. The van der Waals surface area contributed by atoms with Gasteiger partial charge in [0.05, 0.1) is 5.60 Å². The Balaban J connectivity index is 2.61. The lowest BCUT2D eigenvalue weighted by molar-refractivity contribution is 0.0243. The van der Waals surface area contributed by atoms with E-state index in [0.717, 1.165) is 24.4 Å². The lowest BCUT2D eigenvalue weighted by Gasteiger charge is -2.34. The van der Waals surface area contributed by atoms with Gasteiger partial charge in [-0.25, -0.2) is 0 Å². The van der Waals surface area contributed by atoms with Crippen molar-refractivity contribution in [2.24, 2.45) is 0 Å². The number of benzene rings is 1. The second kappa shape index (κ2) is 8.64. The smallest absolute Gasteiger partial charge is 0.0861 e. The van der Waals surface area contributed by atoms with Gasteiger partial charge < -0.3 is 10.0 Å². The van der Waals surface area contributed by atoms with Crippen LogP contribution < -0.4 is 0 Å². The van der Waals surface area contributed by atoms with Gasteiger partial charge in [0.2, 0.25) is 0 Å². The Labute approximate surface area is 142 Å². The molecular weight excluding hydrogens is 325 g/mol. The van der Waals surface area contributed by atoms with Crippen LogP contribution in [0.3, 0.4) is 0 Å². The molecule has 0 bridgehead atoms. The van der Waals surface area contributed by atoms with Crippen LogP contribution in [-0.2, 0) is 5.75 Å². The predicted octanol–water partition coefficient (Wildman–Crippen LogP) is 4.71. The van der Waals surface area contributed by atoms with Crippen LogP contribution in [0.1, 0.15) is 33.3 Å². The monoisotopic (exact) mass is 349 g/mol. The van der Waals surface area contributed by atoms with E-state index in [0.29, 0.717) is 16.6 Å². The van der Waals surface area contributed by atoms with Crippen LogP contribution in [0.5, 0.6) is 0 Å². The molecule has 1 aromatic rings. The van der Waals surface area contributed by atoms with E-state index in [1.54, 1.807) is 17.8 Å². The average molecular weight is 350 g/mol. The molecule has 5 heteroatoms. The molecule has 1 rings (SSSR count). The molecule has 0 aliphatic rings. The summed E-state index contributed by atoms with van der Waals surface area (Å²) in [5.74, 6) is 0.769. The zero-order valence-corrected chi connectivity index (χ0v) is 15.5. The first-order chi connectivity index (χ1) is 9.80. The largest absolute Gasteiger partial charge is 0.388 e. The van der Waals surface area contributed by atoms with E-state index in [-0.39, 0.29) is 5.25 Å². The summed E-state index contributed by atoms with van der Waals surface area (Å²) in [5, 5.41) is 12.1. The van der Waals surface area contributed by atoms with Crippen LogP contribution in [0.15, 0.2) is 18.2 Å². The van der Waals surface area contributed by atoms with Gasteiger partial charge in [-0.3, -0.25) is 0 Å². The van der Waals surface area contributed by atoms with E-state index in [4.69, 9.17) is 23.2 Å². The SMILES string of the molecule is CCN(CC)CC(C)(O)C(C)SCc1ccc(Cl)cc1Cl. The van der Waals surface area contributed by atoms with E-state index in [1.807, 2.05) is 19.1 Å². The Morgan fingerprint density at radius 1 is 1.29 bits per heavy atom. The number of likely N-dealkylation sites (N-methyl/N-ethyl adjacent to an activating group) is 1. The molecule has 1 N–H and O–H groups in total. The van der Waals surface area contributed by atoms with Crippen molar-refractivity contribution >= 4 is 35.0 Å². The highest BCUT2D eigenvalue weighted by Gasteiger charge is 2.30. The van der Waals surface area contributed by atoms with Gasteiger partial charge in [0, 0.05) is 27.6 Å². The van der Waals surface area contributed by atoms with Gasteiger partial charge in [0.25, 0.3) is 0 Å². The highest BCUT2D eigenvalue weighted by molar-refractivity contribution is 7.99. The minimum Gasteiger partial charge on any atom is -0.388 e. The van der Waals surface area contributed by atoms with Crippen LogP contribution >= 0.6 is 35.0 Å². The second-order valence-electron chi connectivity index (χ2n) is 5.51. The molecule has 0 aromatic heterocycles. The summed E-state index contributed by atoms with van der Waals surface area (Å²) in [7, 11) is 0. The number of thioether (sulfide) groups is 1. The third kappa shape index (κ3) is 5.99. The van der Waals surface area contributed by atoms with Crippen molar-refractivity contribution in [1.29, 1.82) is 0 Å². The summed E-state index contributed by atoms with van der Waals surface area (Å²) in [6.45, 7) is 10.8. The molecule has 120 valence electrons. The van der Waals surface area contributed by atoms with E-state index in [2.05, 4.69) is 25.7 Å². The summed E-state index contributed by atoms with van der Waals surface area (Å²) >= 11 is 13.8. The van der Waals surface area contributed by atoms with Gasteiger partial charge in [-0.1, -0.05) is 50.0 Å². The maximum atomic E-state index is 10.7. The van der Waals surface area contributed by atoms with Gasteiger partial charge in [0.15, 0.2) is 0 Å². The van der Waals surface area contributed by atoms with E-state index >= 15 is 0 Å². The maximum Gasteiger partial charge on any atom is 0.0861 e. The fourth-order valence-electron chi connectivity index (χ4n) is 2.06. The second-order valence-corrected chi connectivity index (χ2v) is 7.68. The number of halogens is 2. The van der Waals surface area contributed by atoms with Crippen molar-refractivity contribution in [2.75, 3.05) is 19.6 Å². The van der Waals surface area contributed by atoms with Crippen molar-refractivity contribution in [2.45, 2.75) is 44.3 Å². The van der Waals surface area contributed by atoms with Crippen LogP contribution in [0.2, 0.25) is 10.0 Å². The Morgan fingerprint density at radius 3 is 2.43 bits per heavy atom. The van der Waals surface area contributed by atoms with Crippen LogP contribution in [0.25, 0.3) is 0 Å². The highest BCUT2D eigenvalue weighted by Crippen LogP contribution is 2.30. The molecule has 0 amide bonds. The fraction of sp³-hybridized carbons (Fsp3) is 0.625. The molecule has 21 heavy (non-hydrogen) atoms. The molecule has 1 aromatic carbocycles. The van der Waals surface area contributed by atoms with Gasteiger partial charge in [-0.15, -0.1) is 0 Å². The first-order valence-corrected chi connectivity index (χ1v) is 9.10. The van der Waals surface area contributed by atoms with Crippen molar-refractivity contribution in [3.8, 4) is 0 Å². The zero-order valence-electron chi connectivity index (χ0n) is 13.2. The Kier molecular flexibility index (Phi) is 7.86. The van der Waals surface area contributed by atoms with Crippen molar-refractivity contribution in [1.82, 2.24) is 4.90 Å². The molecule has 0 saturated carbocycles. The topological polar surface area (TPSA) is 23.5 Å². The third-order valence-corrected chi connectivity index (χ3v) is 5.89. The van der Waals surface area contributed by atoms with Crippen LogP contribution in [-0.4, -0.2) is 40.5 Å². The minimum absolute atomic E-state index is 0.116. The molecule has 0 aliphatic heterocycles. The molecule has 2 unspecified atom stereocenters. The standard InChI is InChI=1S/C16H25Cl2NOS/c1-5-19(6-2)11-16(4,20)12(3)21-10-13-7-8-14(17)9-15(13)18/h7-9,12,20H,5-6,10-11H2,1-4H3. The lowest BCUT2D eigenvalue weighted by atomic mass is 10.0. The molecule has 0 spiro atoms. The van der Waals surface area contributed by atoms with E-state index < -0.39 is 5.60 Å². The Morgan fingerprint density at radius 2 is 1.90 bits per heavy atom. The van der Waals surface area contributed by atoms with Crippen LogP contribution in [0.4, 0.5) is 0 Å². The summed E-state index contributed by atoms with van der Waals surface area (Å²) in [4.78, 5) is 2.24. The molecule has 0 radical (unpaired) electrons. The number of hydrogen-bond donors (Lipinski definition) is 1. The molecule has 2 nitrogen and oxygen atoms in total. The number of aliphatic hydroxyl groups is 1. The van der Waals surface area contributed by atoms with Gasteiger partial charge in [0.1, 0.15) is 0 Å². The van der Waals surface area contributed by atoms with Crippen molar-refractivity contribution < 1.29 is 5.11 Å². The predicted molar refractivity (Wildman–Crippen MR) is 95.6 cm³/mol. The first-order valence-electron chi connectivity index (χ1n) is 7.30. The lowest BCUT2D eigenvalue weighted by Crippen LogP contribution is -2.46. The highest BCUT2D eigenvalue weighted by atomic mass is 35.5. The van der Waals surface area contributed by atoms with Crippen LogP contribution in [0, 0.1) is 0 Å². The maximum absolute atomic E-state index is 10.7. The minimum atomic E-state index is -0.727. The summed E-state index contributed by atoms with van der Waals surface area (Å²) in [6.07, 6.45) is 0. The number of hydrogen-bond acceptors (Lipinski definition) is 3. The molecule has 0 heterocycles. The number of rotatable bonds is 8. The molecule has 0 aliphatic carbocycles. The van der Waals surface area contributed by atoms with Gasteiger partial charge in [-0.05, 0) is 37.7 Å². The van der Waals surface area contributed by atoms with E-state index in [9.17, 15) is 5.11 Å².